The summed E-state index contributed by atoms with van der Waals surface area (Å²) in [6, 6.07) is 4.65. The molecule has 2 aliphatic heterocycles. The van der Waals surface area contributed by atoms with E-state index in [-0.39, 0.29) is 23.7 Å². The molecule has 1 atom stereocenters. The third kappa shape index (κ3) is 3.15. The lowest BCUT2D eigenvalue weighted by atomic mass is 9.95. The van der Waals surface area contributed by atoms with Crippen LogP contribution in [0.2, 0.25) is 10.0 Å². The standard InChI is InChI=1S/C21H18Cl2FN3O2S/c22-14-7-12-13(9-29-8-10-3-1-2-6-27(10)20(12)28)17(23)16(14)11-4-5-15(24)19-18(11)26-21(25)30-19/h4-5,7,10H,1-3,6,8-9H2,(H2,25,26)/t10-/m1/s1. The van der Waals surface area contributed by atoms with Gasteiger partial charge in [0, 0.05) is 28.8 Å². The molecule has 0 saturated carbocycles. The lowest BCUT2D eigenvalue weighted by Gasteiger charge is -2.37. The number of aromatic nitrogens is 1. The summed E-state index contributed by atoms with van der Waals surface area (Å²) in [4.78, 5) is 19.5. The van der Waals surface area contributed by atoms with E-state index in [1.165, 1.54) is 6.07 Å². The van der Waals surface area contributed by atoms with Crippen LogP contribution in [0.1, 0.15) is 35.2 Å². The molecule has 0 bridgehead atoms. The number of nitrogen functional groups attached to an aromatic ring is 1. The number of carbonyl (C=O) groups excluding carboxylic acids is 1. The van der Waals surface area contributed by atoms with Gasteiger partial charge in [0.2, 0.25) is 0 Å². The van der Waals surface area contributed by atoms with Crippen molar-refractivity contribution in [2.24, 2.45) is 0 Å². The number of halogens is 3. The zero-order valence-corrected chi connectivity index (χ0v) is 18.2. The summed E-state index contributed by atoms with van der Waals surface area (Å²) in [5.74, 6) is -0.480. The summed E-state index contributed by atoms with van der Waals surface area (Å²) in [7, 11) is 0. The van der Waals surface area contributed by atoms with E-state index in [1.54, 1.807) is 12.1 Å². The number of ether oxygens (including phenoxy) is 1. The predicted molar refractivity (Wildman–Crippen MR) is 118 cm³/mol. The first-order valence-electron chi connectivity index (χ1n) is 9.70. The number of fused-ring (bicyclic) bond motifs is 3. The van der Waals surface area contributed by atoms with Crippen LogP contribution in [0.5, 0.6) is 0 Å². The highest BCUT2D eigenvalue weighted by molar-refractivity contribution is 7.22. The second kappa shape index (κ2) is 7.64. The normalized spacial score (nSPS) is 19.4. The van der Waals surface area contributed by atoms with Crippen LogP contribution in [0.25, 0.3) is 21.3 Å². The van der Waals surface area contributed by atoms with Crippen LogP contribution in [0.4, 0.5) is 9.52 Å². The van der Waals surface area contributed by atoms with E-state index in [9.17, 15) is 9.18 Å². The average molecular weight is 466 g/mol. The van der Waals surface area contributed by atoms with Crippen LogP contribution in [0.15, 0.2) is 18.2 Å². The van der Waals surface area contributed by atoms with Gasteiger partial charge in [0.05, 0.1) is 39.5 Å². The SMILES string of the molecule is Nc1nc2c(-c3c(Cl)cc4c(c3Cl)COC[C@H]3CCCCN3C4=O)ccc(F)c2s1. The molecule has 156 valence electrons. The Kier molecular flexibility index (Phi) is 5.09. The van der Waals surface area contributed by atoms with Crippen LogP contribution in [0.3, 0.4) is 0 Å². The van der Waals surface area contributed by atoms with Gasteiger partial charge in [-0.1, -0.05) is 34.5 Å². The second-order valence-corrected chi connectivity index (χ2v) is 9.38. The van der Waals surface area contributed by atoms with Crippen LogP contribution >= 0.6 is 34.5 Å². The van der Waals surface area contributed by atoms with Crippen LogP contribution < -0.4 is 5.73 Å². The molecule has 0 aliphatic carbocycles. The Bertz CT molecular complexity index is 1180. The highest BCUT2D eigenvalue weighted by Crippen LogP contribution is 2.44. The molecular weight excluding hydrogens is 448 g/mol. The summed E-state index contributed by atoms with van der Waals surface area (Å²) in [6.07, 6.45) is 2.98. The number of anilines is 1. The van der Waals surface area contributed by atoms with Crippen LogP contribution in [-0.2, 0) is 11.3 Å². The van der Waals surface area contributed by atoms with Crippen molar-refractivity contribution >= 4 is 55.8 Å². The number of benzene rings is 2. The van der Waals surface area contributed by atoms with E-state index in [4.69, 9.17) is 33.7 Å². The van der Waals surface area contributed by atoms with Gasteiger partial charge in [-0.25, -0.2) is 9.37 Å². The van der Waals surface area contributed by atoms with Gasteiger partial charge in [-0.3, -0.25) is 4.79 Å². The molecule has 2 aromatic carbocycles. The van der Waals surface area contributed by atoms with Crippen molar-refractivity contribution < 1.29 is 13.9 Å². The average Bonchev–Trinajstić information content (AvgIpc) is 3.12. The molecule has 1 amide bonds. The number of hydrogen-bond donors (Lipinski definition) is 1. The molecule has 1 aromatic heterocycles. The molecule has 5 rings (SSSR count). The quantitative estimate of drug-likeness (QED) is 0.513. The highest BCUT2D eigenvalue weighted by Gasteiger charge is 2.33. The van der Waals surface area contributed by atoms with E-state index < -0.39 is 5.82 Å². The molecule has 30 heavy (non-hydrogen) atoms. The fourth-order valence-electron chi connectivity index (χ4n) is 4.33. The number of piperidine rings is 1. The van der Waals surface area contributed by atoms with Gasteiger partial charge in [0.25, 0.3) is 5.91 Å². The summed E-state index contributed by atoms with van der Waals surface area (Å²) >= 11 is 14.5. The maximum Gasteiger partial charge on any atom is 0.254 e. The molecule has 5 nitrogen and oxygen atoms in total. The molecule has 0 unspecified atom stereocenters. The zero-order chi connectivity index (χ0) is 21.0. The maximum atomic E-state index is 14.3. The fraction of sp³-hybridized carbons (Fsp3) is 0.333. The first-order valence-corrected chi connectivity index (χ1v) is 11.3. The van der Waals surface area contributed by atoms with E-state index >= 15 is 0 Å². The van der Waals surface area contributed by atoms with Gasteiger partial charge in [-0.05, 0) is 37.5 Å². The molecular formula is C21H18Cl2FN3O2S. The van der Waals surface area contributed by atoms with E-state index in [0.29, 0.717) is 55.7 Å². The number of hydrogen-bond acceptors (Lipinski definition) is 5. The Morgan fingerprint density at radius 1 is 1.27 bits per heavy atom. The molecule has 3 heterocycles. The second-order valence-electron chi connectivity index (χ2n) is 7.56. The minimum atomic E-state index is -0.406. The minimum Gasteiger partial charge on any atom is -0.375 e. The number of nitrogens with zero attached hydrogens (tertiary/aromatic N) is 2. The first kappa shape index (κ1) is 20.0. The molecule has 3 aromatic rings. The Morgan fingerprint density at radius 3 is 2.93 bits per heavy atom. The number of thiazole rings is 1. The van der Waals surface area contributed by atoms with Crippen molar-refractivity contribution in [1.29, 1.82) is 0 Å². The zero-order valence-electron chi connectivity index (χ0n) is 15.9. The summed E-state index contributed by atoms with van der Waals surface area (Å²) in [5.41, 5.74) is 8.33. The summed E-state index contributed by atoms with van der Waals surface area (Å²) < 4.78 is 20.5. The van der Waals surface area contributed by atoms with Gasteiger partial charge >= 0.3 is 0 Å². The first-order chi connectivity index (χ1) is 14.5. The Morgan fingerprint density at radius 2 is 2.10 bits per heavy atom. The van der Waals surface area contributed by atoms with Gasteiger partial charge in [-0.15, -0.1) is 0 Å². The smallest absolute Gasteiger partial charge is 0.254 e. The molecule has 0 spiro atoms. The van der Waals surface area contributed by atoms with Crippen molar-refractivity contribution in [1.82, 2.24) is 9.88 Å². The number of rotatable bonds is 1. The van der Waals surface area contributed by atoms with Gasteiger partial charge in [0.15, 0.2) is 5.13 Å². The van der Waals surface area contributed by atoms with Crippen LogP contribution in [-0.4, -0.2) is 35.0 Å². The topological polar surface area (TPSA) is 68.5 Å². The molecule has 2 aliphatic rings. The number of amides is 1. The third-order valence-electron chi connectivity index (χ3n) is 5.78. The number of nitrogens with two attached hydrogens (primary N) is 1. The van der Waals surface area contributed by atoms with Gasteiger partial charge < -0.3 is 15.4 Å². The van der Waals surface area contributed by atoms with Crippen molar-refractivity contribution in [2.75, 3.05) is 18.9 Å². The minimum absolute atomic E-state index is 0.0736. The molecule has 9 heteroatoms. The maximum absolute atomic E-state index is 14.3. The van der Waals surface area contributed by atoms with E-state index in [1.807, 2.05) is 4.90 Å². The monoisotopic (exact) mass is 465 g/mol. The van der Waals surface area contributed by atoms with Crippen molar-refractivity contribution in [2.45, 2.75) is 31.9 Å². The largest absolute Gasteiger partial charge is 0.375 e. The lowest BCUT2D eigenvalue weighted by Crippen LogP contribution is -2.47. The van der Waals surface area contributed by atoms with Gasteiger partial charge in [0.1, 0.15) is 5.82 Å². The molecule has 1 fully saturated rings. The fourth-order valence-corrected chi connectivity index (χ4v) is 5.80. The Hall–Kier alpha value is -1.93. The van der Waals surface area contributed by atoms with Crippen molar-refractivity contribution in [3.63, 3.8) is 0 Å². The predicted octanol–water partition coefficient (Wildman–Crippen LogP) is 5.52. The third-order valence-corrected chi connectivity index (χ3v) is 7.38. The summed E-state index contributed by atoms with van der Waals surface area (Å²) in [5, 5.41) is 0.881. The lowest BCUT2D eigenvalue weighted by molar-refractivity contribution is 0.0211. The van der Waals surface area contributed by atoms with Crippen molar-refractivity contribution in [3.8, 4) is 11.1 Å². The molecule has 0 radical (unpaired) electrons. The molecule has 1 saturated heterocycles. The van der Waals surface area contributed by atoms with Crippen LogP contribution in [0, 0.1) is 5.82 Å². The van der Waals surface area contributed by atoms with E-state index in [2.05, 4.69) is 4.98 Å². The molecule has 2 N–H and O–H groups in total. The number of carbonyl (C=O) groups is 1. The Labute approximate surface area is 186 Å². The van der Waals surface area contributed by atoms with Gasteiger partial charge in [-0.2, -0.15) is 0 Å². The van der Waals surface area contributed by atoms with E-state index in [0.717, 1.165) is 30.6 Å². The van der Waals surface area contributed by atoms with Crippen molar-refractivity contribution in [3.05, 3.63) is 45.2 Å². The summed E-state index contributed by atoms with van der Waals surface area (Å²) in [6.45, 7) is 1.38. The Balaban J connectivity index is 1.70. The highest BCUT2D eigenvalue weighted by atomic mass is 35.5.